The topological polar surface area (TPSA) is 86.7 Å². The summed E-state index contributed by atoms with van der Waals surface area (Å²) in [6.07, 6.45) is 7.45. The predicted molar refractivity (Wildman–Crippen MR) is 81.9 cm³/mol. The Morgan fingerprint density at radius 3 is 2.82 bits per heavy atom. The lowest BCUT2D eigenvalue weighted by Crippen LogP contribution is -2.15. The smallest absolute Gasteiger partial charge is 0.301 e. The van der Waals surface area contributed by atoms with Crippen LogP contribution in [0.4, 0.5) is 5.69 Å². The number of hydrogen-bond donors (Lipinski definition) is 0. The first-order valence-corrected chi connectivity index (χ1v) is 8.17. The summed E-state index contributed by atoms with van der Waals surface area (Å²) >= 11 is 1.22. The number of aromatic nitrogens is 4. The normalized spacial score (nSPS) is 15.9. The first kappa shape index (κ1) is 15.0. The molecule has 1 aliphatic carbocycles. The molecule has 0 radical (unpaired) electrons. The second kappa shape index (κ2) is 6.43. The fraction of sp³-hybridized carbons (Fsp3) is 0.500. The fourth-order valence-corrected chi connectivity index (χ4v) is 3.86. The number of pyridine rings is 1. The van der Waals surface area contributed by atoms with Crippen LogP contribution in [-0.4, -0.2) is 24.7 Å². The SMILES string of the molecule is Cc1nnc(Sc2ncccc2[N+](=O)[O-])n1C1CCCCC1. The van der Waals surface area contributed by atoms with Crippen LogP contribution in [0.25, 0.3) is 0 Å². The maximum absolute atomic E-state index is 11.1. The van der Waals surface area contributed by atoms with Crippen molar-refractivity contribution in [3.05, 3.63) is 34.3 Å². The van der Waals surface area contributed by atoms with Gasteiger partial charge in [-0.05, 0) is 37.6 Å². The van der Waals surface area contributed by atoms with Gasteiger partial charge in [0, 0.05) is 18.3 Å². The summed E-state index contributed by atoms with van der Waals surface area (Å²) in [7, 11) is 0. The second-order valence-electron chi connectivity index (χ2n) is 5.38. The molecule has 0 bridgehead atoms. The highest BCUT2D eigenvalue weighted by Gasteiger charge is 2.24. The average Bonchev–Trinajstić information content (AvgIpc) is 2.89. The standard InChI is InChI=1S/C14H17N5O2S/c1-10-16-17-14(18(10)11-6-3-2-4-7-11)22-13-12(19(20)21)8-5-9-15-13/h5,8-9,11H,2-4,6-7H2,1H3. The molecule has 7 nitrogen and oxygen atoms in total. The van der Waals surface area contributed by atoms with E-state index < -0.39 is 4.92 Å². The zero-order chi connectivity index (χ0) is 15.5. The van der Waals surface area contributed by atoms with Gasteiger partial charge in [0.15, 0.2) is 10.2 Å². The van der Waals surface area contributed by atoms with Gasteiger partial charge in [-0.2, -0.15) is 0 Å². The van der Waals surface area contributed by atoms with Gasteiger partial charge in [-0.15, -0.1) is 10.2 Å². The number of nitro groups is 1. The van der Waals surface area contributed by atoms with Crippen molar-refractivity contribution in [2.75, 3.05) is 0 Å². The molecule has 0 N–H and O–H groups in total. The molecule has 2 heterocycles. The largest absolute Gasteiger partial charge is 0.303 e. The van der Waals surface area contributed by atoms with E-state index in [1.54, 1.807) is 12.3 Å². The Hall–Kier alpha value is -1.96. The third kappa shape index (κ3) is 2.96. The molecule has 0 unspecified atom stereocenters. The summed E-state index contributed by atoms with van der Waals surface area (Å²) in [5, 5.41) is 20.5. The van der Waals surface area contributed by atoms with Crippen molar-refractivity contribution in [3.63, 3.8) is 0 Å². The Balaban J connectivity index is 1.92. The monoisotopic (exact) mass is 319 g/mol. The van der Waals surface area contributed by atoms with Crippen LogP contribution < -0.4 is 0 Å². The minimum atomic E-state index is -0.413. The van der Waals surface area contributed by atoms with Crippen LogP contribution in [0.5, 0.6) is 0 Å². The lowest BCUT2D eigenvalue weighted by atomic mass is 9.95. The summed E-state index contributed by atoms with van der Waals surface area (Å²) in [5.41, 5.74) is 0.00310. The molecule has 8 heteroatoms. The van der Waals surface area contributed by atoms with Crippen molar-refractivity contribution < 1.29 is 4.92 Å². The highest BCUT2D eigenvalue weighted by molar-refractivity contribution is 7.99. The molecule has 2 aromatic heterocycles. The Kier molecular flexibility index (Phi) is 4.37. The minimum absolute atomic E-state index is 0.00310. The van der Waals surface area contributed by atoms with Crippen molar-refractivity contribution in [2.45, 2.75) is 55.3 Å². The number of aryl methyl sites for hydroxylation is 1. The molecular formula is C14H17N5O2S. The van der Waals surface area contributed by atoms with Gasteiger partial charge in [-0.1, -0.05) is 19.3 Å². The Bertz CT molecular complexity index is 682. The van der Waals surface area contributed by atoms with E-state index in [1.165, 1.54) is 37.1 Å². The molecule has 0 atom stereocenters. The van der Waals surface area contributed by atoms with Crippen LogP contribution in [0.15, 0.2) is 28.5 Å². The zero-order valence-electron chi connectivity index (χ0n) is 12.3. The van der Waals surface area contributed by atoms with E-state index in [1.807, 2.05) is 6.92 Å². The zero-order valence-corrected chi connectivity index (χ0v) is 13.1. The van der Waals surface area contributed by atoms with Gasteiger partial charge in [0.1, 0.15) is 5.82 Å². The van der Waals surface area contributed by atoms with E-state index in [0.29, 0.717) is 16.2 Å². The van der Waals surface area contributed by atoms with Gasteiger partial charge in [0.05, 0.1) is 4.92 Å². The lowest BCUT2D eigenvalue weighted by Gasteiger charge is -2.24. The Morgan fingerprint density at radius 2 is 2.09 bits per heavy atom. The van der Waals surface area contributed by atoms with Crippen molar-refractivity contribution in [3.8, 4) is 0 Å². The van der Waals surface area contributed by atoms with Gasteiger partial charge >= 0.3 is 5.69 Å². The van der Waals surface area contributed by atoms with Crippen LogP contribution >= 0.6 is 11.8 Å². The molecule has 22 heavy (non-hydrogen) atoms. The van der Waals surface area contributed by atoms with Gasteiger partial charge in [-0.25, -0.2) is 4.98 Å². The Labute approximate surface area is 132 Å². The molecular weight excluding hydrogens is 302 g/mol. The van der Waals surface area contributed by atoms with Crippen molar-refractivity contribution in [1.82, 2.24) is 19.7 Å². The highest BCUT2D eigenvalue weighted by atomic mass is 32.2. The summed E-state index contributed by atoms with van der Waals surface area (Å²) < 4.78 is 2.11. The molecule has 0 aliphatic heterocycles. The molecule has 0 amide bonds. The van der Waals surface area contributed by atoms with Crippen LogP contribution in [-0.2, 0) is 0 Å². The summed E-state index contributed by atoms with van der Waals surface area (Å²) in [4.78, 5) is 14.8. The van der Waals surface area contributed by atoms with Gasteiger partial charge in [-0.3, -0.25) is 10.1 Å². The van der Waals surface area contributed by atoms with E-state index in [9.17, 15) is 10.1 Å². The highest BCUT2D eigenvalue weighted by Crippen LogP contribution is 2.36. The molecule has 0 saturated heterocycles. The van der Waals surface area contributed by atoms with Gasteiger partial charge < -0.3 is 4.57 Å². The van der Waals surface area contributed by atoms with Crippen LogP contribution in [0.1, 0.15) is 44.0 Å². The molecule has 2 aromatic rings. The third-order valence-corrected chi connectivity index (χ3v) is 4.88. The minimum Gasteiger partial charge on any atom is -0.303 e. The summed E-state index contributed by atoms with van der Waals surface area (Å²) in [6, 6.07) is 3.41. The second-order valence-corrected chi connectivity index (χ2v) is 6.33. The first-order valence-electron chi connectivity index (χ1n) is 7.35. The quantitative estimate of drug-likeness (QED) is 0.632. The summed E-state index contributed by atoms with van der Waals surface area (Å²) in [5.74, 6) is 0.855. The molecule has 3 rings (SSSR count). The maximum atomic E-state index is 11.1. The van der Waals surface area contributed by atoms with E-state index >= 15 is 0 Å². The average molecular weight is 319 g/mol. The van der Waals surface area contributed by atoms with E-state index in [4.69, 9.17) is 0 Å². The van der Waals surface area contributed by atoms with Crippen LogP contribution in [0, 0.1) is 17.0 Å². The number of hydrogen-bond acceptors (Lipinski definition) is 6. The van der Waals surface area contributed by atoms with Crippen LogP contribution in [0.3, 0.4) is 0 Å². The fourth-order valence-electron chi connectivity index (χ4n) is 2.87. The van der Waals surface area contributed by atoms with E-state index in [-0.39, 0.29) is 5.69 Å². The third-order valence-electron chi connectivity index (χ3n) is 3.91. The van der Waals surface area contributed by atoms with Crippen molar-refractivity contribution in [1.29, 1.82) is 0 Å². The summed E-state index contributed by atoms with van der Waals surface area (Å²) in [6.45, 7) is 1.93. The lowest BCUT2D eigenvalue weighted by molar-refractivity contribution is -0.388. The Morgan fingerprint density at radius 1 is 1.32 bits per heavy atom. The van der Waals surface area contributed by atoms with Crippen LogP contribution in [0.2, 0.25) is 0 Å². The molecule has 0 aromatic carbocycles. The molecule has 1 fully saturated rings. The molecule has 1 saturated carbocycles. The van der Waals surface area contributed by atoms with Gasteiger partial charge in [0.25, 0.3) is 0 Å². The molecule has 1 aliphatic rings. The van der Waals surface area contributed by atoms with E-state index in [2.05, 4.69) is 19.7 Å². The first-order chi connectivity index (χ1) is 10.7. The number of nitrogens with zero attached hydrogens (tertiary/aromatic N) is 5. The number of rotatable bonds is 4. The van der Waals surface area contributed by atoms with E-state index in [0.717, 1.165) is 18.7 Å². The molecule has 116 valence electrons. The predicted octanol–water partition coefficient (Wildman–Crippen LogP) is 3.55. The molecule has 0 spiro atoms. The van der Waals surface area contributed by atoms with Crippen molar-refractivity contribution in [2.24, 2.45) is 0 Å². The maximum Gasteiger partial charge on any atom is 0.301 e. The van der Waals surface area contributed by atoms with Crippen molar-refractivity contribution >= 4 is 17.4 Å². The van der Waals surface area contributed by atoms with Gasteiger partial charge in [0.2, 0.25) is 0 Å².